The molecule has 0 fully saturated rings. The third-order valence-electron chi connectivity index (χ3n) is 5.69. The first-order valence-electron chi connectivity index (χ1n) is 10.2. The number of benzene rings is 3. The summed E-state index contributed by atoms with van der Waals surface area (Å²) in [6.07, 6.45) is 0.868. The SMILES string of the molecule is Cc1ccc(C2=NN(c3nc(-c4ccccc4)cs3)[C@@H](c3ccccc3)C2)cc1C. The molecular weight excluding hydrogens is 386 g/mol. The number of thiazole rings is 1. The largest absolute Gasteiger partial charge is 0.231 e. The van der Waals surface area contributed by atoms with Crippen LogP contribution in [0.15, 0.2) is 89.3 Å². The van der Waals surface area contributed by atoms with Gasteiger partial charge in [0.2, 0.25) is 5.13 Å². The zero-order valence-electron chi connectivity index (χ0n) is 17.1. The molecule has 1 aromatic heterocycles. The molecule has 2 heterocycles. The third-order valence-corrected chi connectivity index (χ3v) is 6.52. The molecule has 0 radical (unpaired) electrons. The summed E-state index contributed by atoms with van der Waals surface area (Å²) in [6, 6.07) is 27.7. The van der Waals surface area contributed by atoms with Crippen LogP contribution in [0.4, 0.5) is 5.13 Å². The summed E-state index contributed by atoms with van der Waals surface area (Å²) in [5.41, 5.74) is 8.30. The zero-order valence-corrected chi connectivity index (χ0v) is 17.9. The summed E-state index contributed by atoms with van der Waals surface area (Å²) in [6.45, 7) is 4.31. The lowest BCUT2D eigenvalue weighted by Gasteiger charge is -2.21. The smallest absolute Gasteiger partial charge is 0.207 e. The molecule has 148 valence electrons. The van der Waals surface area contributed by atoms with Crippen molar-refractivity contribution in [2.45, 2.75) is 26.3 Å². The van der Waals surface area contributed by atoms with Crippen LogP contribution in [0.25, 0.3) is 11.3 Å². The number of aryl methyl sites for hydroxylation is 2. The first kappa shape index (κ1) is 18.8. The van der Waals surface area contributed by atoms with Crippen molar-refractivity contribution in [3.8, 4) is 11.3 Å². The van der Waals surface area contributed by atoms with Gasteiger partial charge in [-0.1, -0.05) is 72.8 Å². The Hall–Kier alpha value is -3.24. The average molecular weight is 410 g/mol. The van der Waals surface area contributed by atoms with Crippen molar-refractivity contribution in [2.24, 2.45) is 5.10 Å². The molecule has 0 bridgehead atoms. The number of hydrogen-bond donors (Lipinski definition) is 0. The van der Waals surface area contributed by atoms with E-state index < -0.39 is 0 Å². The van der Waals surface area contributed by atoms with Crippen LogP contribution < -0.4 is 5.01 Å². The maximum Gasteiger partial charge on any atom is 0.207 e. The number of hydrazone groups is 1. The van der Waals surface area contributed by atoms with E-state index >= 15 is 0 Å². The van der Waals surface area contributed by atoms with Crippen molar-refractivity contribution in [3.63, 3.8) is 0 Å². The Morgan fingerprint density at radius 3 is 2.30 bits per heavy atom. The maximum atomic E-state index is 5.06. The van der Waals surface area contributed by atoms with Crippen LogP contribution in [0.3, 0.4) is 0 Å². The molecule has 0 amide bonds. The fourth-order valence-corrected chi connectivity index (χ4v) is 4.66. The van der Waals surface area contributed by atoms with Gasteiger partial charge in [-0.15, -0.1) is 11.3 Å². The van der Waals surface area contributed by atoms with Crippen LogP contribution in [-0.4, -0.2) is 10.7 Å². The van der Waals surface area contributed by atoms with Gasteiger partial charge in [0.1, 0.15) is 0 Å². The summed E-state index contributed by atoms with van der Waals surface area (Å²) < 4.78 is 0. The van der Waals surface area contributed by atoms with E-state index in [9.17, 15) is 0 Å². The highest BCUT2D eigenvalue weighted by Crippen LogP contribution is 2.39. The van der Waals surface area contributed by atoms with E-state index in [1.807, 2.05) is 18.2 Å². The molecule has 5 rings (SSSR count). The first-order chi connectivity index (χ1) is 14.7. The molecule has 30 heavy (non-hydrogen) atoms. The Morgan fingerprint density at radius 1 is 0.833 bits per heavy atom. The first-order valence-corrected chi connectivity index (χ1v) is 11.1. The predicted molar refractivity (Wildman–Crippen MR) is 126 cm³/mol. The molecule has 1 aliphatic rings. The van der Waals surface area contributed by atoms with Gasteiger partial charge in [-0.2, -0.15) is 5.10 Å². The van der Waals surface area contributed by atoms with Crippen LogP contribution in [0.1, 0.15) is 34.7 Å². The Balaban J connectivity index is 1.54. The quantitative estimate of drug-likeness (QED) is 0.371. The monoisotopic (exact) mass is 409 g/mol. The summed E-state index contributed by atoms with van der Waals surface area (Å²) in [4.78, 5) is 4.94. The van der Waals surface area contributed by atoms with Gasteiger partial charge in [0.15, 0.2) is 0 Å². The second-order valence-corrected chi connectivity index (χ2v) is 8.54. The van der Waals surface area contributed by atoms with Gasteiger partial charge in [0.05, 0.1) is 17.4 Å². The molecule has 1 aliphatic heterocycles. The fraction of sp³-hybridized carbons (Fsp3) is 0.154. The molecule has 0 unspecified atom stereocenters. The van der Waals surface area contributed by atoms with E-state index in [1.54, 1.807) is 11.3 Å². The summed E-state index contributed by atoms with van der Waals surface area (Å²) in [5, 5.41) is 10.2. The molecule has 1 atom stereocenters. The van der Waals surface area contributed by atoms with Gasteiger partial charge in [0, 0.05) is 17.4 Å². The minimum Gasteiger partial charge on any atom is -0.231 e. The van der Waals surface area contributed by atoms with Crippen molar-refractivity contribution in [3.05, 3.63) is 106 Å². The number of hydrogen-bond acceptors (Lipinski definition) is 4. The number of aromatic nitrogens is 1. The predicted octanol–water partition coefficient (Wildman–Crippen LogP) is 6.78. The van der Waals surface area contributed by atoms with Crippen molar-refractivity contribution in [2.75, 3.05) is 5.01 Å². The van der Waals surface area contributed by atoms with E-state index in [4.69, 9.17) is 10.1 Å². The molecule has 0 aliphatic carbocycles. The fourth-order valence-electron chi connectivity index (χ4n) is 3.83. The van der Waals surface area contributed by atoms with Crippen LogP contribution in [0, 0.1) is 13.8 Å². The molecule has 0 saturated heterocycles. The molecule has 0 spiro atoms. The van der Waals surface area contributed by atoms with E-state index in [-0.39, 0.29) is 6.04 Å². The van der Waals surface area contributed by atoms with Crippen molar-refractivity contribution < 1.29 is 0 Å². The number of rotatable bonds is 4. The van der Waals surface area contributed by atoms with E-state index in [0.717, 1.165) is 28.5 Å². The maximum absolute atomic E-state index is 5.06. The summed E-state index contributed by atoms with van der Waals surface area (Å²) in [5.74, 6) is 0. The van der Waals surface area contributed by atoms with Gasteiger partial charge in [0.25, 0.3) is 0 Å². The third kappa shape index (κ3) is 3.55. The van der Waals surface area contributed by atoms with Gasteiger partial charge >= 0.3 is 0 Å². The highest BCUT2D eigenvalue weighted by atomic mass is 32.1. The lowest BCUT2D eigenvalue weighted by atomic mass is 9.97. The second kappa shape index (κ2) is 7.88. The van der Waals surface area contributed by atoms with Gasteiger partial charge in [-0.05, 0) is 42.2 Å². The van der Waals surface area contributed by atoms with Crippen molar-refractivity contribution >= 4 is 22.2 Å². The molecule has 3 aromatic carbocycles. The minimum absolute atomic E-state index is 0.151. The Morgan fingerprint density at radius 2 is 1.57 bits per heavy atom. The van der Waals surface area contributed by atoms with Crippen LogP contribution in [0.5, 0.6) is 0 Å². The normalized spacial score (nSPS) is 16.0. The van der Waals surface area contributed by atoms with E-state index in [0.29, 0.717) is 0 Å². The van der Waals surface area contributed by atoms with E-state index in [1.165, 1.54) is 22.3 Å². The molecule has 0 saturated carbocycles. The van der Waals surface area contributed by atoms with E-state index in [2.05, 4.69) is 84.9 Å². The summed E-state index contributed by atoms with van der Waals surface area (Å²) >= 11 is 1.65. The Kier molecular flexibility index (Phi) is 4.93. The minimum atomic E-state index is 0.151. The number of anilines is 1. The Bertz CT molecular complexity index is 1200. The van der Waals surface area contributed by atoms with Gasteiger partial charge in [-0.3, -0.25) is 0 Å². The zero-order chi connectivity index (χ0) is 20.5. The lowest BCUT2D eigenvalue weighted by Crippen LogP contribution is -2.18. The summed E-state index contributed by atoms with van der Waals surface area (Å²) in [7, 11) is 0. The van der Waals surface area contributed by atoms with Gasteiger partial charge < -0.3 is 0 Å². The number of nitrogens with zero attached hydrogens (tertiary/aromatic N) is 3. The van der Waals surface area contributed by atoms with Crippen LogP contribution in [0.2, 0.25) is 0 Å². The van der Waals surface area contributed by atoms with Crippen molar-refractivity contribution in [1.82, 2.24) is 4.98 Å². The topological polar surface area (TPSA) is 28.5 Å². The highest BCUT2D eigenvalue weighted by Gasteiger charge is 2.31. The Labute approximate surface area is 181 Å². The average Bonchev–Trinajstić information content (AvgIpc) is 3.44. The second-order valence-electron chi connectivity index (χ2n) is 7.70. The van der Waals surface area contributed by atoms with Crippen LogP contribution >= 0.6 is 11.3 Å². The standard InChI is InChI=1S/C26H23N3S/c1-18-13-14-22(15-19(18)2)23-16-25(21-11-7-4-8-12-21)29(28-23)26-27-24(17-30-26)20-9-5-3-6-10-20/h3-15,17,25H,16H2,1-2H3/t25-/m1/s1. The lowest BCUT2D eigenvalue weighted by molar-refractivity contribution is 0.706. The molecule has 3 nitrogen and oxygen atoms in total. The van der Waals surface area contributed by atoms with Gasteiger partial charge in [-0.25, -0.2) is 9.99 Å². The molecule has 0 N–H and O–H groups in total. The highest BCUT2D eigenvalue weighted by molar-refractivity contribution is 7.14. The van der Waals surface area contributed by atoms with Crippen LogP contribution in [-0.2, 0) is 0 Å². The van der Waals surface area contributed by atoms with Crippen molar-refractivity contribution in [1.29, 1.82) is 0 Å². The molecular formula is C26H23N3S. The molecule has 4 heteroatoms. The molecule has 4 aromatic rings.